The minimum atomic E-state index is -5.08. The van der Waals surface area contributed by atoms with Gasteiger partial charge in [0, 0.05) is 30.9 Å². The van der Waals surface area contributed by atoms with Crippen LogP contribution < -0.4 is 20.5 Å². The molecule has 0 spiro atoms. The van der Waals surface area contributed by atoms with Crippen LogP contribution in [-0.2, 0) is 26.0 Å². The average Bonchev–Trinajstić information content (AvgIpc) is 3.92. The molecule has 1 fully saturated rings. The van der Waals surface area contributed by atoms with E-state index >= 15 is 0 Å². The van der Waals surface area contributed by atoms with Crippen LogP contribution in [0.5, 0.6) is 11.5 Å². The number of rotatable bonds is 12. The van der Waals surface area contributed by atoms with Crippen molar-refractivity contribution >= 4 is 44.0 Å². The summed E-state index contributed by atoms with van der Waals surface area (Å²) in [6, 6.07) is 17.3. The number of nitrogens with one attached hydrogen (secondary N) is 1. The van der Waals surface area contributed by atoms with Crippen LogP contribution in [0.4, 0.5) is 24.7 Å². The number of sulfone groups is 1. The van der Waals surface area contributed by atoms with Crippen LogP contribution in [0.2, 0.25) is 0 Å². The fourth-order valence-electron chi connectivity index (χ4n) is 5.38. The molecule has 1 heterocycles. The molecule has 15 heteroatoms. The maximum atomic E-state index is 14.3. The second-order valence-corrected chi connectivity index (χ2v) is 14.5. The summed E-state index contributed by atoms with van der Waals surface area (Å²) in [5.41, 5.74) is 9.07. The van der Waals surface area contributed by atoms with E-state index in [0.29, 0.717) is 47.9 Å². The van der Waals surface area contributed by atoms with Crippen molar-refractivity contribution in [3.8, 4) is 11.5 Å². The molecule has 1 aromatic heterocycles. The Kier molecular flexibility index (Phi) is 12.1. The molecule has 1 saturated carbocycles. The predicted molar refractivity (Wildman–Crippen MR) is 187 cm³/mol. The summed E-state index contributed by atoms with van der Waals surface area (Å²) in [7, 11) is -1.75. The highest BCUT2D eigenvalue weighted by molar-refractivity contribution is 7.92. The van der Waals surface area contributed by atoms with Gasteiger partial charge in [0.05, 0.1) is 22.9 Å². The van der Waals surface area contributed by atoms with E-state index in [-0.39, 0.29) is 28.7 Å². The lowest BCUT2D eigenvalue weighted by atomic mass is 10.0. The molecule has 0 bridgehead atoms. The first-order valence-electron chi connectivity index (χ1n) is 16.2. The van der Waals surface area contributed by atoms with E-state index in [4.69, 9.17) is 25.1 Å². The molecule has 1 amide bonds. The molecule has 51 heavy (non-hydrogen) atoms. The van der Waals surface area contributed by atoms with Crippen molar-refractivity contribution in [1.82, 2.24) is 9.88 Å². The van der Waals surface area contributed by atoms with E-state index < -0.39 is 28.0 Å². The zero-order chi connectivity index (χ0) is 37.7. The number of carbonyl (C=O) groups excluding carboxylic acids is 1. The highest BCUT2D eigenvalue weighted by atomic mass is 32.2. The summed E-state index contributed by atoms with van der Waals surface area (Å²) < 4.78 is 70.0. The number of benzene rings is 3. The van der Waals surface area contributed by atoms with Gasteiger partial charge in [-0.2, -0.15) is 13.2 Å². The summed E-state index contributed by atoms with van der Waals surface area (Å²) in [4.78, 5) is 29.3. The molecular weight excluding hydrogens is 689 g/mol. The van der Waals surface area contributed by atoms with Crippen molar-refractivity contribution in [2.45, 2.75) is 75.5 Å². The molecule has 4 aromatic rings. The van der Waals surface area contributed by atoms with Gasteiger partial charge in [0.15, 0.2) is 21.3 Å². The third-order valence-corrected chi connectivity index (χ3v) is 10.4. The Morgan fingerprint density at radius 3 is 2.33 bits per heavy atom. The number of amides is 1. The number of nitrogens with zero attached hydrogens (tertiary/aromatic N) is 2. The second kappa shape index (κ2) is 15.9. The number of ether oxygens (including phenoxy) is 2. The Morgan fingerprint density at radius 1 is 1.06 bits per heavy atom. The van der Waals surface area contributed by atoms with Gasteiger partial charge in [-0.25, -0.2) is 18.2 Å². The van der Waals surface area contributed by atoms with Gasteiger partial charge in [0.25, 0.3) is 0 Å². The minimum Gasteiger partial charge on any atom is -0.490 e. The SMILES string of the molecule is CCOc1cc(C(Nc2ccc3c(N)nccc3c2C)C(=O)N(C)Cc2ccccc2S(=O)(=O)C2CC2)ccc1OC(C)C.O=C(O)C(F)(F)F. The van der Waals surface area contributed by atoms with Gasteiger partial charge in [0.2, 0.25) is 5.91 Å². The highest BCUT2D eigenvalue weighted by Crippen LogP contribution is 2.37. The molecule has 1 aliphatic carbocycles. The Bertz CT molecular complexity index is 2000. The molecule has 3 aromatic carbocycles. The molecule has 274 valence electrons. The number of aromatic nitrogens is 1. The van der Waals surface area contributed by atoms with Crippen LogP contribution >= 0.6 is 0 Å². The Hall–Kier alpha value is -5.05. The smallest absolute Gasteiger partial charge is 0.490 e. The molecule has 11 nitrogen and oxygen atoms in total. The van der Waals surface area contributed by atoms with Gasteiger partial charge in [-0.05, 0) is 99.0 Å². The number of hydrogen-bond donors (Lipinski definition) is 3. The zero-order valence-corrected chi connectivity index (χ0v) is 29.6. The number of likely N-dealkylation sites (N-methyl/N-ethyl adjacent to an activating group) is 1. The van der Waals surface area contributed by atoms with E-state index in [1.165, 1.54) is 0 Å². The number of carboxylic acids is 1. The minimum absolute atomic E-state index is 0.0593. The number of fused-ring (bicyclic) bond motifs is 1. The van der Waals surface area contributed by atoms with Crippen LogP contribution in [-0.4, -0.2) is 66.5 Å². The van der Waals surface area contributed by atoms with Gasteiger partial charge in [-0.1, -0.05) is 24.3 Å². The van der Waals surface area contributed by atoms with Crippen molar-refractivity contribution in [1.29, 1.82) is 0 Å². The standard InChI is InChI=1S/C34H40N4O5S.C2HF3O2/c1-6-42-30-19-23(11-16-29(30)43-21(2)3)32(37-28-15-14-27-26(22(28)4)17-18-36-33(27)35)34(39)38(5)20-24-9-7-8-10-31(24)44(40,41)25-12-13-25;3-2(4,5)1(6)7/h7-11,14-19,21,25,32,37H,6,12-13,20H2,1-5H3,(H2,35,36);(H,6,7). The number of hydrogen-bond acceptors (Lipinski definition) is 9. The average molecular weight is 731 g/mol. The topological polar surface area (TPSA) is 161 Å². The third-order valence-electron chi connectivity index (χ3n) is 8.02. The number of halogens is 3. The van der Waals surface area contributed by atoms with E-state index in [2.05, 4.69) is 10.3 Å². The van der Waals surface area contributed by atoms with E-state index in [1.54, 1.807) is 42.4 Å². The van der Waals surface area contributed by atoms with Crippen molar-refractivity contribution < 1.29 is 45.8 Å². The lowest BCUT2D eigenvalue weighted by Gasteiger charge is -2.28. The van der Waals surface area contributed by atoms with Crippen molar-refractivity contribution in [3.63, 3.8) is 0 Å². The molecule has 0 aliphatic heterocycles. The Balaban J connectivity index is 0.000000755. The summed E-state index contributed by atoms with van der Waals surface area (Å²) in [5.74, 6) is -1.43. The summed E-state index contributed by atoms with van der Waals surface area (Å²) in [5, 5.41) is 12.0. The van der Waals surface area contributed by atoms with Crippen molar-refractivity contribution in [3.05, 3.63) is 83.6 Å². The molecule has 0 radical (unpaired) electrons. The first-order chi connectivity index (χ1) is 23.9. The van der Waals surface area contributed by atoms with Crippen LogP contribution in [0.1, 0.15) is 56.3 Å². The van der Waals surface area contributed by atoms with Gasteiger partial charge >= 0.3 is 12.1 Å². The molecule has 0 saturated heterocycles. The highest BCUT2D eigenvalue weighted by Gasteiger charge is 2.39. The van der Waals surface area contributed by atoms with Gasteiger partial charge < -0.3 is 30.5 Å². The second-order valence-electron chi connectivity index (χ2n) is 12.3. The Labute approximate surface area is 294 Å². The first-order valence-corrected chi connectivity index (χ1v) is 17.7. The van der Waals surface area contributed by atoms with Gasteiger partial charge in [-0.15, -0.1) is 0 Å². The van der Waals surface area contributed by atoms with Crippen LogP contribution in [0.3, 0.4) is 0 Å². The van der Waals surface area contributed by atoms with Gasteiger partial charge in [-0.3, -0.25) is 4.79 Å². The number of carboxylic acid groups (broad SMARTS) is 1. The van der Waals surface area contributed by atoms with E-state index in [9.17, 15) is 26.4 Å². The number of nitrogen functional groups attached to an aromatic ring is 1. The maximum absolute atomic E-state index is 14.3. The number of carbonyl (C=O) groups is 2. The number of aryl methyl sites for hydroxylation is 1. The predicted octanol–water partition coefficient (Wildman–Crippen LogP) is 6.69. The summed E-state index contributed by atoms with van der Waals surface area (Å²) in [6.45, 7) is 8.31. The lowest BCUT2D eigenvalue weighted by Crippen LogP contribution is -2.35. The van der Waals surface area contributed by atoms with Crippen LogP contribution in [0.25, 0.3) is 10.8 Å². The molecule has 5 rings (SSSR count). The van der Waals surface area contributed by atoms with E-state index in [1.807, 2.05) is 64.1 Å². The molecule has 1 unspecified atom stereocenters. The normalized spacial score (nSPS) is 13.6. The van der Waals surface area contributed by atoms with E-state index in [0.717, 1.165) is 22.0 Å². The summed E-state index contributed by atoms with van der Waals surface area (Å²) >= 11 is 0. The Morgan fingerprint density at radius 2 is 1.73 bits per heavy atom. The maximum Gasteiger partial charge on any atom is 0.490 e. The lowest BCUT2D eigenvalue weighted by molar-refractivity contribution is -0.192. The van der Waals surface area contributed by atoms with Crippen LogP contribution in [0, 0.1) is 6.92 Å². The molecular formula is C36H41F3N4O7S. The largest absolute Gasteiger partial charge is 0.490 e. The molecule has 1 atom stereocenters. The monoisotopic (exact) mass is 730 g/mol. The fourth-order valence-corrected chi connectivity index (χ4v) is 7.26. The molecule has 4 N–H and O–H groups in total. The number of nitrogens with two attached hydrogens (primary N) is 1. The van der Waals surface area contributed by atoms with Crippen molar-refractivity contribution in [2.24, 2.45) is 0 Å². The summed E-state index contributed by atoms with van der Waals surface area (Å²) in [6.07, 6.45) is -2.14. The number of aliphatic carboxylic acids is 1. The number of pyridine rings is 1. The zero-order valence-electron chi connectivity index (χ0n) is 28.8. The number of alkyl halides is 3. The quantitative estimate of drug-likeness (QED) is 0.143. The van der Waals surface area contributed by atoms with Crippen LogP contribution in [0.15, 0.2) is 71.8 Å². The third kappa shape index (κ3) is 9.39. The van der Waals surface area contributed by atoms with Gasteiger partial charge in [0.1, 0.15) is 11.9 Å². The fraction of sp³-hybridized carbons (Fsp3) is 0.361. The van der Waals surface area contributed by atoms with Crippen molar-refractivity contribution in [2.75, 3.05) is 24.7 Å². The molecule has 1 aliphatic rings. The first kappa shape index (κ1) is 38.7. The number of anilines is 2.